The molecule has 0 bridgehead atoms. The summed E-state index contributed by atoms with van der Waals surface area (Å²) in [5.41, 5.74) is -5.54. The number of aryl methyl sites for hydroxylation is 6. The van der Waals surface area contributed by atoms with Crippen LogP contribution in [0.4, 0.5) is 4.39 Å². The second kappa shape index (κ2) is 20.4. The maximum absolute atomic E-state index is 14.7. The third-order valence-electron chi connectivity index (χ3n) is 10.0. The Balaban J connectivity index is 0.00000940. The summed E-state index contributed by atoms with van der Waals surface area (Å²) in [6, 6.07) is 33.1. The monoisotopic (exact) mass is 1080 g/mol. The summed E-state index contributed by atoms with van der Waals surface area (Å²) in [6.45, 7) is 9.47. The third-order valence-corrected chi connectivity index (χ3v) is 10.0. The van der Waals surface area contributed by atoms with Crippen LogP contribution in [0.2, 0.25) is 0 Å². The predicted molar refractivity (Wildman–Crippen MR) is 268 cm³/mol. The van der Waals surface area contributed by atoms with Crippen LogP contribution in [0.25, 0.3) is 55.7 Å². The van der Waals surface area contributed by atoms with Gasteiger partial charge in [0, 0.05) is 52.0 Å². The normalized spacial score (nSPS) is 17.5. The van der Waals surface area contributed by atoms with E-state index in [0.29, 0.717) is 16.5 Å². The number of aromatic nitrogens is 3. The number of furan rings is 1. The number of hydrogen-bond donors (Lipinski definition) is 0. The van der Waals surface area contributed by atoms with Crippen LogP contribution in [-0.4, -0.2) is 15.0 Å². The molecule has 9 rings (SSSR count). The molecule has 0 aliphatic heterocycles. The Morgan fingerprint density at radius 1 is 0.552 bits per heavy atom. The van der Waals surface area contributed by atoms with E-state index in [4.69, 9.17) is 7.16 Å². The Hall–Kier alpha value is -6.07. The Morgan fingerprint density at radius 3 is 1.60 bits per heavy atom. The van der Waals surface area contributed by atoms with E-state index in [0.717, 1.165) is 36.8 Å². The van der Waals surface area contributed by atoms with Crippen LogP contribution >= 0.6 is 0 Å². The fourth-order valence-electron chi connectivity index (χ4n) is 7.19. The summed E-state index contributed by atoms with van der Waals surface area (Å²) in [7, 11) is 0. The molecule has 0 aliphatic rings. The number of benzene rings is 5. The van der Waals surface area contributed by atoms with E-state index < -0.39 is 113 Å². The second-order valence-electron chi connectivity index (χ2n) is 17.7. The molecular formula is C61H57FIrN3O. The van der Waals surface area contributed by atoms with Crippen molar-refractivity contribution in [2.45, 2.75) is 92.5 Å². The van der Waals surface area contributed by atoms with Gasteiger partial charge in [-0.1, -0.05) is 95.0 Å². The smallest absolute Gasteiger partial charge is 0.500 e. The Kier molecular flexibility index (Phi) is 9.04. The molecule has 0 spiro atoms. The van der Waals surface area contributed by atoms with E-state index in [2.05, 4.69) is 33.2 Å². The first kappa shape index (κ1) is 29.6. The van der Waals surface area contributed by atoms with Crippen molar-refractivity contribution < 1.29 is 53.6 Å². The van der Waals surface area contributed by atoms with Gasteiger partial charge in [0.2, 0.25) is 0 Å². The molecule has 338 valence electrons. The van der Waals surface area contributed by atoms with Crippen molar-refractivity contribution in [1.29, 1.82) is 0 Å². The minimum absolute atomic E-state index is 0. The molecule has 5 aromatic carbocycles. The van der Waals surface area contributed by atoms with Gasteiger partial charge in [0.1, 0.15) is 11.4 Å². The van der Waals surface area contributed by atoms with Crippen LogP contribution in [0.15, 0.2) is 144 Å². The van der Waals surface area contributed by atoms with Crippen LogP contribution < -0.4 is 0 Å². The molecule has 6 heteroatoms. The van der Waals surface area contributed by atoms with Crippen LogP contribution in [0, 0.1) is 34.8 Å². The van der Waals surface area contributed by atoms with Gasteiger partial charge < -0.3 is 19.4 Å². The van der Waals surface area contributed by atoms with Gasteiger partial charge in [-0.25, -0.2) is 4.39 Å². The maximum Gasteiger partial charge on any atom is 3.00 e. The van der Waals surface area contributed by atoms with Crippen molar-refractivity contribution in [3.8, 4) is 33.8 Å². The average Bonchev–Trinajstić information content (AvgIpc) is 1.40. The van der Waals surface area contributed by atoms with Gasteiger partial charge in [-0.2, -0.15) is 0 Å². The SMILES string of the molecule is [2H]c1cc2c(oc3c(-c4ccc(C([2H])([2H])C([2H])([2H])c5cc(C([2H])([2H])C([2H])([2H])c6cnc(-c7[c-]cccc7)cc6C([2H])([2H])C(C)(C)C)cc(C([2H])([2H])C([2H])([2H])c6cnc(-c7[c-]cccc7)cc6C([2H])([2H])C(C)(C)C)c5)cn4)[c-]ccc32)c([2H])c1F.[Ir+3]. The molecule has 4 nitrogen and oxygen atoms in total. The number of hydrogen-bond acceptors (Lipinski definition) is 4. The zero-order chi connectivity index (χ0) is 61.9. The minimum Gasteiger partial charge on any atom is -0.500 e. The quantitative estimate of drug-likeness (QED) is 0.102. The Morgan fingerprint density at radius 2 is 1.09 bits per heavy atom. The summed E-state index contributed by atoms with van der Waals surface area (Å²) in [4.78, 5) is 13.3. The molecule has 0 unspecified atom stereocenters. The van der Waals surface area contributed by atoms with E-state index in [9.17, 15) is 26.3 Å². The van der Waals surface area contributed by atoms with Gasteiger partial charge >= 0.3 is 20.1 Å². The average molecular weight is 1080 g/mol. The number of halogens is 1. The van der Waals surface area contributed by atoms with E-state index in [-0.39, 0.29) is 70.4 Å². The third kappa shape index (κ3) is 11.9. The summed E-state index contributed by atoms with van der Waals surface area (Å²) < 4.78 is 191. The van der Waals surface area contributed by atoms with Gasteiger partial charge in [-0.05, 0) is 136 Å². The zero-order valence-corrected chi connectivity index (χ0v) is 40.0. The molecule has 0 fully saturated rings. The molecule has 9 aromatic rings. The molecule has 0 aliphatic carbocycles. The molecule has 0 radical (unpaired) electrons. The summed E-state index contributed by atoms with van der Waals surface area (Å²) >= 11 is 0. The predicted octanol–water partition coefficient (Wildman–Crippen LogP) is 14.8. The molecule has 0 saturated heterocycles. The minimum atomic E-state index is -3.44. The van der Waals surface area contributed by atoms with Crippen molar-refractivity contribution in [3.63, 3.8) is 0 Å². The second-order valence-corrected chi connectivity index (χ2v) is 17.7. The molecule has 67 heavy (non-hydrogen) atoms. The standard InChI is InChI=1S/C61H57FN3O.Ir/c1-60(2,3)36-49-33-56(45-14-9-7-10-15-45)64-39-47(49)25-22-43-30-42(31-44(32-43)23-26-48-40-65-57(46-16-11-8-12-17-46)34-50(48)37-61(4,5)6)21-20-41-24-29-55(63-38-41)54-19-13-18-53-52-28-27-51(62)35-58(52)66-59(53)54;/h7-14,16,18,24,27-35,38-40H,20-23,25-26,36-37H2,1-6H3;/q-3;+3/i20D2,21D2,22D2,23D2,25D2,26D2,27D,35D,36D2,37D2;. The van der Waals surface area contributed by atoms with Gasteiger partial charge in [0.25, 0.3) is 0 Å². The van der Waals surface area contributed by atoms with Gasteiger partial charge in [-0.15, -0.1) is 90.0 Å². The largest absolute Gasteiger partial charge is 3.00 e. The fraction of sp³-hybridized carbons (Fsp3) is 0.262. The topological polar surface area (TPSA) is 51.8 Å². The van der Waals surface area contributed by atoms with E-state index in [1.165, 1.54) is 36.4 Å². The Bertz CT molecular complexity index is 3840. The fourth-order valence-corrected chi connectivity index (χ4v) is 7.19. The van der Waals surface area contributed by atoms with E-state index in [1.54, 1.807) is 96.1 Å². The molecule has 0 amide bonds. The van der Waals surface area contributed by atoms with E-state index in [1.807, 2.05) is 0 Å². The first-order chi connectivity index (χ1) is 38.7. The number of fused-ring (bicyclic) bond motifs is 3. The van der Waals surface area contributed by atoms with Gasteiger partial charge in [0.15, 0.2) is 0 Å². The van der Waals surface area contributed by atoms with Crippen LogP contribution in [0.1, 0.15) is 111 Å². The molecule has 0 atom stereocenters. The molecular weight excluding hydrogens is 1000 g/mol. The molecule has 0 N–H and O–H groups in total. The van der Waals surface area contributed by atoms with Gasteiger partial charge in [0.05, 0.1) is 8.32 Å². The van der Waals surface area contributed by atoms with Crippen molar-refractivity contribution in [2.75, 3.05) is 0 Å². The molecule has 0 saturated carbocycles. The zero-order valence-electron chi connectivity index (χ0n) is 55.6. The first-order valence-corrected chi connectivity index (χ1v) is 21.3. The number of nitrogens with zero attached hydrogens (tertiary/aromatic N) is 3. The Labute approximate surface area is 434 Å². The van der Waals surface area contributed by atoms with Crippen molar-refractivity contribution in [3.05, 3.63) is 208 Å². The van der Waals surface area contributed by atoms with Gasteiger partial charge in [-0.3, -0.25) is 0 Å². The summed E-state index contributed by atoms with van der Waals surface area (Å²) in [5.74, 6) is -1.09. The molecule has 4 aromatic heterocycles. The molecule has 4 heterocycles. The van der Waals surface area contributed by atoms with E-state index >= 15 is 0 Å². The summed E-state index contributed by atoms with van der Waals surface area (Å²) in [6.07, 6.45) is -21.9. The van der Waals surface area contributed by atoms with Crippen molar-refractivity contribution in [2.24, 2.45) is 10.8 Å². The summed E-state index contributed by atoms with van der Waals surface area (Å²) in [5, 5.41) is 0.675. The van der Waals surface area contributed by atoms with Crippen LogP contribution in [0.5, 0.6) is 0 Å². The van der Waals surface area contributed by atoms with Crippen LogP contribution in [0.3, 0.4) is 0 Å². The van der Waals surface area contributed by atoms with Crippen molar-refractivity contribution >= 4 is 21.9 Å². The first-order valence-electron chi connectivity index (χ1n) is 30.3. The van der Waals surface area contributed by atoms with Crippen LogP contribution in [-0.2, 0) is 71.1 Å². The number of pyridine rings is 3. The maximum atomic E-state index is 14.7. The van der Waals surface area contributed by atoms with Crippen molar-refractivity contribution in [1.82, 2.24) is 15.0 Å². The number of rotatable bonds is 14.